The predicted molar refractivity (Wildman–Crippen MR) is 90.9 cm³/mol. The molecule has 2 aromatic rings. The predicted octanol–water partition coefficient (Wildman–Crippen LogP) is 2.53. The zero-order valence-electron chi connectivity index (χ0n) is 14.5. The van der Waals surface area contributed by atoms with Gasteiger partial charge in [-0.15, -0.1) is 0 Å². The van der Waals surface area contributed by atoms with Crippen molar-refractivity contribution in [3.8, 4) is 5.75 Å². The zero-order valence-corrected chi connectivity index (χ0v) is 14.5. The van der Waals surface area contributed by atoms with Crippen LogP contribution in [0.25, 0.3) is 0 Å². The van der Waals surface area contributed by atoms with Gasteiger partial charge in [-0.05, 0) is 45.7 Å². The first kappa shape index (κ1) is 16.5. The fraction of sp³-hybridized carbons (Fsp3) is 0.500. The van der Waals surface area contributed by atoms with Gasteiger partial charge >= 0.3 is 0 Å². The molecule has 1 aliphatic heterocycles. The molecule has 0 radical (unpaired) electrons. The van der Waals surface area contributed by atoms with E-state index in [0.717, 1.165) is 36.8 Å². The summed E-state index contributed by atoms with van der Waals surface area (Å²) in [6, 6.07) is 9.65. The Morgan fingerprint density at radius 1 is 1.29 bits per heavy atom. The van der Waals surface area contributed by atoms with E-state index in [4.69, 9.17) is 4.74 Å². The van der Waals surface area contributed by atoms with Crippen LogP contribution >= 0.6 is 0 Å². The summed E-state index contributed by atoms with van der Waals surface area (Å²) in [5.41, 5.74) is 0. The van der Waals surface area contributed by atoms with Crippen molar-refractivity contribution in [3.63, 3.8) is 0 Å². The monoisotopic (exact) mass is 328 g/mol. The van der Waals surface area contributed by atoms with Gasteiger partial charge < -0.3 is 9.64 Å². The normalized spacial score (nSPS) is 19.1. The standard InChI is InChI=1S/C18H24N4O2/c1-13(24-17-9-5-4-6-10-17)18(23)21-11-7-8-16(12-21)22-15(3)19-14(2)20-22/h4-6,9-10,13,16H,7-8,11-12H2,1-3H3/t13-,16+/m1/s1. The lowest BCUT2D eigenvalue weighted by Crippen LogP contribution is -2.46. The van der Waals surface area contributed by atoms with Gasteiger partial charge in [-0.25, -0.2) is 9.67 Å². The zero-order chi connectivity index (χ0) is 17.1. The smallest absolute Gasteiger partial charge is 0.263 e. The summed E-state index contributed by atoms with van der Waals surface area (Å²) >= 11 is 0. The van der Waals surface area contributed by atoms with Crippen molar-refractivity contribution >= 4 is 5.91 Å². The maximum atomic E-state index is 12.7. The van der Waals surface area contributed by atoms with Crippen molar-refractivity contribution in [2.45, 2.75) is 45.8 Å². The summed E-state index contributed by atoms with van der Waals surface area (Å²) in [6.45, 7) is 7.09. The van der Waals surface area contributed by atoms with Gasteiger partial charge in [0, 0.05) is 13.1 Å². The molecule has 1 aliphatic rings. The van der Waals surface area contributed by atoms with Gasteiger partial charge in [0.15, 0.2) is 6.10 Å². The third-order valence-electron chi connectivity index (χ3n) is 4.37. The van der Waals surface area contributed by atoms with Crippen LogP contribution in [-0.2, 0) is 4.79 Å². The van der Waals surface area contributed by atoms with Gasteiger partial charge in [0.05, 0.1) is 6.04 Å². The fourth-order valence-corrected chi connectivity index (χ4v) is 3.25. The topological polar surface area (TPSA) is 60.2 Å². The lowest BCUT2D eigenvalue weighted by atomic mass is 10.1. The number of para-hydroxylation sites is 1. The second-order valence-corrected chi connectivity index (χ2v) is 6.30. The molecule has 1 aromatic carbocycles. The van der Waals surface area contributed by atoms with E-state index < -0.39 is 6.10 Å². The maximum absolute atomic E-state index is 12.7. The molecule has 0 spiro atoms. The minimum absolute atomic E-state index is 0.0260. The number of piperidine rings is 1. The minimum atomic E-state index is -0.496. The van der Waals surface area contributed by atoms with Gasteiger partial charge in [-0.1, -0.05) is 18.2 Å². The lowest BCUT2D eigenvalue weighted by Gasteiger charge is -2.34. The van der Waals surface area contributed by atoms with Crippen LogP contribution in [0.4, 0.5) is 0 Å². The SMILES string of the molecule is Cc1nc(C)n([C@H]2CCCN(C(=O)[C@@H](C)Oc3ccccc3)C2)n1. The summed E-state index contributed by atoms with van der Waals surface area (Å²) < 4.78 is 7.73. The van der Waals surface area contributed by atoms with Crippen LogP contribution in [0.3, 0.4) is 0 Å². The van der Waals surface area contributed by atoms with E-state index in [1.807, 2.05) is 60.7 Å². The van der Waals surface area contributed by atoms with Crippen LogP contribution < -0.4 is 4.74 Å². The average Bonchev–Trinajstić information content (AvgIpc) is 2.93. The van der Waals surface area contributed by atoms with Crippen molar-refractivity contribution in [1.82, 2.24) is 19.7 Å². The molecule has 1 saturated heterocycles. The fourth-order valence-electron chi connectivity index (χ4n) is 3.25. The summed E-state index contributed by atoms with van der Waals surface area (Å²) in [7, 11) is 0. The number of rotatable bonds is 4. The summed E-state index contributed by atoms with van der Waals surface area (Å²) in [4.78, 5) is 19.0. The molecule has 2 heterocycles. The van der Waals surface area contributed by atoms with Gasteiger partial charge in [-0.3, -0.25) is 4.79 Å². The molecule has 0 aliphatic carbocycles. The Kier molecular flexibility index (Phi) is 4.83. The second kappa shape index (κ2) is 7.03. The Hall–Kier alpha value is -2.37. The van der Waals surface area contributed by atoms with Crippen LogP contribution in [0.15, 0.2) is 30.3 Å². The highest BCUT2D eigenvalue weighted by molar-refractivity contribution is 5.81. The first-order chi connectivity index (χ1) is 11.5. The Bertz CT molecular complexity index is 698. The highest BCUT2D eigenvalue weighted by Crippen LogP contribution is 2.23. The van der Waals surface area contributed by atoms with Crippen LogP contribution in [0.5, 0.6) is 5.75 Å². The van der Waals surface area contributed by atoms with E-state index in [-0.39, 0.29) is 11.9 Å². The van der Waals surface area contributed by atoms with Crippen molar-refractivity contribution in [3.05, 3.63) is 42.0 Å². The van der Waals surface area contributed by atoms with Crippen LogP contribution in [0.1, 0.15) is 37.5 Å². The molecule has 0 saturated carbocycles. The number of amides is 1. The van der Waals surface area contributed by atoms with E-state index in [1.165, 1.54) is 0 Å². The minimum Gasteiger partial charge on any atom is -0.481 e. The number of carbonyl (C=O) groups is 1. The number of hydrogen-bond acceptors (Lipinski definition) is 4. The molecule has 2 atom stereocenters. The number of aromatic nitrogens is 3. The molecule has 0 N–H and O–H groups in total. The van der Waals surface area contributed by atoms with Gasteiger partial charge in [-0.2, -0.15) is 5.10 Å². The molecule has 1 amide bonds. The van der Waals surface area contributed by atoms with E-state index >= 15 is 0 Å². The Morgan fingerprint density at radius 2 is 2.04 bits per heavy atom. The van der Waals surface area contributed by atoms with Crippen LogP contribution in [0.2, 0.25) is 0 Å². The van der Waals surface area contributed by atoms with Crippen molar-refractivity contribution in [2.75, 3.05) is 13.1 Å². The third kappa shape index (κ3) is 3.58. The number of nitrogens with zero attached hydrogens (tertiary/aromatic N) is 4. The van der Waals surface area contributed by atoms with E-state index in [9.17, 15) is 4.79 Å². The molecule has 6 nitrogen and oxygen atoms in total. The molecule has 1 aromatic heterocycles. The molecule has 128 valence electrons. The number of likely N-dealkylation sites (tertiary alicyclic amines) is 1. The second-order valence-electron chi connectivity index (χ2n) is 6.30. The van der Waals surface area contributed by atoms with Gasteiger partial charge in [0.25, 0.3) is 5.91 Å². The van der Waals surface area contributed by atoms with Crippen molar-refractivity contribution in [1.29, 1.82) is 0 Å². The molecule has 0 unspecified atom stereocenters. The summed E-state index contributed by atoms with van der Waals surface area (Å²) in [5.74, 6) is 2.42. The molecular weight excluding hydrogens is 304 g/mol. The molecule has 3 rings (SSSR count). The maximum Gasteiger partial charge on any atom is 0.263 e. The van der Waals surface area contributed by atoms with E-state index in [0.29, 0.717) is 6.54 Å². The first-order valence-corrected chi connectivity index (χ1v) is 8.45. The number of aryl methyl sites for hydroxylation is 2. The number of hydrogen-bond donors (Lipinski definition) is 0. The van der Waals surface area contributed by atoms with Gasteiger partial charge in [0.1, 0.15) is 17.4 Å². The van der Waals surface area contributed by atoms with E-state index in [1.54, 1.807) is 0 Å². The highest BCUT2D eigenvalue weighted by Gasteiger charge is 2.29. The Balaban J connectivity index is 1.65. The third-order valence-corrected chi connectivity index (χ3v) is 4.37. The summed E-state index contributed by atoms with van der Waals surface area (Å²) in [5, 5.41) is 4.48. The van der Waals surface area contributed by atoms with Crippen molar-refractivity contribution < 1.29 is 9.53 Å². The number of carbonyl (C=O) groups excluding carboxylic acids is 1. The van der Waals surface area contributed by atoms with E-state index in [2.05, 4.69) is 10.1 Å². The van der Waals surface area contributed by atoms with Gasteiger partial charge in [0.2, 0.25) is 0 Å². The van der Waals surface area contributed by atoms with Crippen molar-refractivity contribution in [2.24, 2.45) is 0 Å². The quantitative estimate of drug-likeness (QED) is 0.865. The Labute approximate surface area is 142 Å². The average molecular weight is 328 g/mol. The number of benzene rings is 1. The molecule has 24 heavy (non-hydrogen) atoms. The summed E-state index contributed by atoms with van der Waals surface area (Å²) in [6.07, 6.45) is 1.48. The highest BCUT2D eigenvalue weighted by atomic mass is 16.5. The first-order valence-electron chi connectivity index (χ1n) is 8.45. The molecule has 6 heteroatoms. The van der Waals surface area contributed by atoms with Crippen LogP contribution in [0, 0.1) is 13.8 Å². The number of ether oxygens (including phenoxy) is 1. The molecule has 0 bridgehead atoms. The Morgan fingerprint density at radius 3 is 2.71 bits per heavy atom. The lowest BCUT2D eigenvalue weighted by molar-refractivity contribution is -0.139. The molecule has 1 fully saturated rings. The van der Waals surface area contributed by atoms with Crippen LogP contribution in [-0.4, -0.2) is 44.8 Å². The molecular formula is C18H24N4O2. The largest absolute Gasteiger partial charge is 0.481 e.